The number of unbranched alkanes of at least 4 members (excludes halogenated alkanes) is 1. The fraction of sp³-hybridized carbons (Fsp3) is 0.387. The van der Waals surface area contributed by atoms with Gasteiger partial charge in [-0.2, -0.15) is 0 Å². The summed E-state index contributed by atoms with van der Waals surface area (Å²) in [5.74, 6) is 2.13. The van der Waals surface area contributed by atoms with Crippen molar-refractivity contribution in [1.82, 2.24) is 0 Å². The first kappa shape index (κ1) is 26.6. The van der Waals surface area contributed by atoms with Gasteiger partial charge in [0.15, 0.2) is 0 Å². The summed E-state index contributed by atoms with van der Waals surface area (Å²) in [7, 11) is 0. The lowest BCUT2D eigenvalue weighted by Gasteiger charge is -2.30. The van der Waals surface area contributed by atoms with Gasteiger partial charge in [0.25, 0.3) is 0 Å². The molecule has 1 aliphatic rings. The number of benzene rings is 3. The predicted molar refractivity (Wildman–Crippen MR) is 143 cm³/mol. The molecule has 2 unspecified atom stereocenters. The molecule has 0 aliphatic carbocycles. The largest absolute Gasteiger partial charge is 0.493 e. The predicted octanol–water partition coefficient (Wildman–Crippen LogP) is 6.87. The van der Waals surface area contributed by atoms with Gasteiger partial charge in [0, 0.05) is 29.2 Å². The van der Waals surface area contributed by atoms with E-state index in [-0.39, 0.29) is 12.5 Å². The van der Waals surface area contributed by atoms with E-state index in [4.69, 9.17) is 18.9 Å². The van der Waals surface area contributed by atoms with E-state index in [9.17, 15) is 9.90 Å². The Morgan fingerprint density at radius 2 is 1.51 bits per heavy atom. The lowest BCUT2D eigenvalue weighted by Crippen LogP contribution is -2.20. The van der Waals surface area contributed by atoms with Crippen LogP contribution in [-0.4, -0.2) is 37.0 Å². The fourth-order valence-electron chi connectivity index (χ4n) is 4.34. The van der Waals surface area contributed by atoms with Crippen LogP contribution in [0.25, 0.3) is 0 Å². The summed E-state index contributed by atoms with van der Waals surface area (Å²) in [5.41, 5.74) is 3.15. The Hall–Kier alpha value is -3.51. The second-order valence-corrected chi connectivity index (χ2v) is 9.23. The van der Waals surface area contributed by atoms with Gasteiger partial charge in [-0.3, -0.25) is 0 Å². The number of aliphatic hydroxyl groups is 1. The Labute approximate surface area is 219 Å². The van der Waals surface area contributed by atoms with Crippen LogP contribution in [0.15, 0.2) is 60.7 Å². The second-order valence-electron chi connectivity index (χ2n) is 9.23. The molecule has 37 heavy (non-hydrogen) atoms. The molecule has 2 atom stereocenters. The van der Waals surface area contributed by atoms with Gasteiger partial charge in [-0.1, -0.05) is 57.5 Å². The zero-order chi connectivity index (χ0) is 26.2. The van der Waals surface area contributed by atoms with E-state index in [1.807, 2.05) is 61.5 Å². The minimum Gasteiger partial charge on any atom is -0.493 e. The summed E-state index contributed by atoms with van der Waals surface area (Å²) in [6, 6.07) is 19.2. The normalized spacial score (nSPS) is 14.6. The lowest BCUT2D eigenvalue weighted by molar-refractivity contribution is 0.0249. The second kappa shape index (κ2) is 12.6. The molecule has 0 aromatic heterocycles. The van der Waals surface area contributed by atoms with Crippen LogP contribution in [0.2, 0.25) is 0 Å². The summed E-state index contributed by atoms with van der Waals surface area (Å²) in [6.45, 7) is 7.26. The highest BCUT2D eigenvalue weighted by molar-refractivity contribution is 5.92. The van der Waals surface area contributed by atoms with E-state index in [1.54, 1.807) is 6.07 Å². The van der Waals surface area contributed by atoms with Crippen molar-refractivity contribution >= 4 is 5.97 Å². The van der Waals surface area contributed by atoms with Crippen LogP contribution in [0.5, 0.6) is 23.0 Å². The molecule has 0 bridgehead atoms. The number of fused-ring (bicyclic) bond motifs is 2. The number of ether oxygens (including phenoxy) is 4. The number of hydrogen-bond donors (Lipinski definition) is 1. The van der Waals surface area contributed by atoms with Crippen molar-refractivity contribution in [3.05, 3.63) is 82.9 Å². The van der Waals surface area contributed by atoms with Crippen molar-refractivity contribution in [2.75, 3.05) is 19.8 Å². The molecular weight excluding hydrogens is 468 g/mol. The fourth-order valence-corrected chi connectivity index (χ4v) is 4.34. The average Bonchev–Trinajstić information content (AvgIpc) is 2.93. The van der Waals surface area contributed by atoms with Gasteiger partial charge in [0.1, 0.15) is 29.6 Å². The highest BCUT2D eigenvalue weighted by Crippen LogP contribution is 2.50. The number of esters is 1. The maximum atomic E-state index is 13.1. The molecule has 4 rings (SSSR count). The molecule has 196 valence electrons. The summed E-state index contributed by atoms with van der Waals surface area (Å²) in [4.78, 5) is 13.1. The first-order chi connectivity index (χ1) is 18.0. The molecule has 0 spiro atoms. The molecule has 0 saturated carbocycles. The molecule has 1 heterocycles. The molecule has 0 fully saturated rings. The van der Waals surface area contributed by atoms with Crippen molar-refractivity contribution in [3.63, 3.8) is 0 Å². The monoisotopic (exact) mass is 504 g/mol. The highest BCUT2D eigenvalue weighted by Gasteiger charge is 2.32. The quantitative estimate of drug-likeness (QED) is 0.168. The molecule has 3 aromatic rings. The Balaban J connectivity index is 1.76. The first-order valence-corrected chi connectivity index (χ1v) is 13.2. The molecule has 0 amide bonds. The molecule has 1 N–H and O–H groups in total. The molecule has 1 aliphatic heterocycles. The maximum absolute atomic E-state index is 13.1. The number of aliphatic hydroxyl groups excluding tert-OH is 1. The summed E-state index contributed by atoms with van der Waals surface area (Å²) in [5, 5.41) is 9.91. The topological polar surface area (TPSA) is 74.2 Å². The van der Waals surface area contributed by atoms with Gasteiger partial charge < -0.3 is 24.1 Å². The van der Waals surface area contributed by atoms with Crippen LogP contribution in [0.1, 0.15) is 79.4 Å². The number of rotatable bonds is 12. The van der Waals surface area contributed by atoms with Crippen molar-refractivity contribution in [3.8, 4) is 23.0 Å². The number of carbonyl (C=O) groups excluding carboxylic acids is 1. The molecular formula is C31H36O6. The van der Waals surface area contributed by atoms with Gasteiger partial charge in [-0.15, -0.1) is 0 Å². The Morgan fingerprint density at radius 3 is 2.14 bits per heavy atom. The lowest BCUT2D eigenvalue weighted by atomic mass is 9.80. The Bertz CT molecular complexity index is 1200. The van der Waals surface area contributed by atoms with Crippen molar-refractivity contribution in [2.24, 2.45) is 0 Å². The molecule has 6 heteroatoms. The van der Waals surface area contributed by atoms with E-state index in [2.05, 4.69) is 13.8 Å². The van der Waals surface area contributed by atoms with Gasteiger partial charge in [0.05, 0.1) is 24.9 Å². The van der Waals surface area contributed by atoms with Crippen molar-refractivity contribution in [1.29, 1.82) is 0 Å². The van der Waals surface area contributed by atoms with Crippen LogP contribution < -0.4 is 14.2 Å². The zero-order valence-electron chi connectivity index (χ0n) is 21.9. The smallest absolute Gasteiger partial charge is 0.338 e. The van der Waals surface area contributed by atoms with Crippen LogP contribution >= 0.6 is 0 Å². The van der Waals surface area contributed by atoms with Crippen LogP contribution in [0.4, 0.5) is 0 Å². The molecule has 0 radical (unpaired) electrons. The van der Waals surface area contributed by atoms with Crippen molar-refractivity contribution in [2.45, 2.75) is 58.5 Å². The average molecular weight is 505 g/mol. The van der Waals surface area contributed by atoms with Crippen LogP contribution in [-0.2, 0) is 4.74 Å². The highest BCUT2D eigenvalue weighted by atomic mass is 16.5. The van der Waals surface area contributed by atoms with E-state index in [1.165, 1.54) is 0 Å². The Morgan fingerprint density at radius 1 is 0.865 bits per heavy atom. The van der Waals surface area contributed by atoms with Gasteiger partial charge >= 0.3 is 5.97 Å². The third-order valence-electron chi connectivity index (χ3n) is 6.42. The molecule has 0 saturated heterocycles. The maximum Gasteiger partial charge on any atom is 0.338 e. The minimum absolute atomic E-state index is 0.0405. The summed E-state index contributed by atoms with van der Waals surface area (Å²) in [6.07, 6.45) is 2.77. The van der Waals surface area contributed by atoms with Gasteiger partial charge in [0.2, 0.25) is 0 Å². The summed E-state index contributed by atoms with van der Waals surface area (Å²) < 4.78 is 23.7. The van der Waals surface area contributed by atoms with Crippen molar-refractivity contribution < 1.29 is 28.8 Å². The number of hydrogen-bond acceptors (Lipinski definition) is 6. The summed E-state index contributed by atoms with van der Waals surface area (Å²) >= 11 is 0. The van der Waals surface area contributed by atoms with Gasteiger partial charge in [-0.25, -0.2) is 4.79 Å². The minimum atomic E-state index is -0.687. The van der Waals surface area contributed by atoms with Crippen LogP contribution in [0, 0.1) is 0 Å². The SMILES string of the molecule is CCCCOc1ccc2c(c1)Oc1cc(OCCC)ccc1C2c1ccccc1C(=O)OCC(O)CC. The number of carbonyl (C=O) groups is 1. The zero-order valence-corrected chi connectivity index (χ0v) is 21.9. The van der Waals surface area contributed by atoms with E-state index in [0.29, 0.717) is 36.7 Å². The van der Waals surface area contributed by atoms with Gasteiger partial charge in [-0.05, 0) is 43.0 Å². The molecule has 6 nitrogen and oxygen atoms in total. The first-order valence-electron chi connectivity index (χ1n) is 13.2. The third-order valence-corrected chi connectivity index (χ3v) is 6.42. The van der Waals surface area contributed by atoms with E-state index < -0.39 is 12.1 Å². The van der Waals surface area contributed by atoms with E-state index in [0.717, 1.165) is 47.5 Å². The van der Waals surface area contributed by atoms with Crippen LogP contribution in [0.3, 0.4) is 0 Å². The Kier molecular flexibility index (Phi) is 9.07. The standard InChI is InChI=1S/C31H36O6/c1-4-7-17-35-23-13-15-27-29(19-23)37-28-18-22(34-16-5-2)12-14-26(28)30(27)24-10-8-9-11-25(24)31(33)36-20-21(32)6-3/h8-15,18-19,21,30,32H,4-7,16-17,20H2,1-3H3. The molecule has 3 aromatic carbocycles. The van der Waals surface area contributed by atoms with E-state index >= 15 is 0 Å². The third kappa shape index (κ3) is 6.25.